The van der Waals surface area contributed by atoms with Gasteiger partial charge in [0.05, 0.1) is 38.5 Å². The van der Waals surface area contributed by atoms with E-state index in [0.717, 1.165) is 0 Å². The quantitative estimate of drug-likeness (QED) is 0.0923. The molecular formula is C40H51N4O8P. The van der Waals surface area contributed by atoms with E-state index in [2.05, 4.69) is 114 Å². The SMILES string of the molecule is C=CCO[C@H]1OC[C@H](N)[C@@H]2OC(C)(C)O[C@H]12.C=CCO[C@H]1OC[C@H](N=[N+]=[N-])[C@@H]2OC(C)(C)O[C@H]12.c1ccc(P(c2ccccc2)c2ccccc2)cc1. The molecule has 0 spiro atoms. The average molecular weight is 747 g/mol. The molecule has 3 aromatic carbocycles. The molecule has 4 saturated heterocycles. The van der Waals surface area contributed by atoms with Crippen LogP contribution in [0.2, 0.25) is 0 Å². The molecule has 53 heavy (non-hydrogen) atoms. The molecule has 3 aromatic rings. The van der Waals surface area contributed by atoms with Gasteiger partial charge in [0.15, 0.2) is 24.2 Å². The van der Waals surface area contributed by atoms with Crippen LogP contribution in [0.15, 0.2) is 121 Å². The number of hydrogen-bond acceptors (Lipinski definition) is 10. The van der Waals surface area contributed by atoms with E-state index < -0.39 is 44.2 Å². The first-order valence-electron chi connectivity index (χ1n) is 17.7. The summed E-state index contributed by atoms with van der Waals surface area (Å²) in [5.74, 6) is -1.36. The Morgan fingerprint density at radius 1 is 0.698 bits per heavy atom. The van der Waals surface area contributed by atoms with Crippen molar-refractivity contribution in [3.63, 3.8) is 0 Å². The number of nitrogens with zero attached hydrogens (tertiary/aromatic N) is 3. The van der Waals surface area contributed by atoms with Crippen LogP contribution in [0.1, 0.15) is 27.7 Å². The lowest BCUT2D eigenvalue weighted by atomic mass is 10.0. The van der Waals surface area contributed by atoms with Crippen molar-refractivity contribution in [2.75, 3.05) is 26.4 Å². The Bertz CT molecular complexity index is 1540. The number of hydrogen-bond donors (Lipinski definition) is 1. The minimum atomic E-state index is -0.734. The largest absolute Gasteiger partial charge is 0.349 e. The molecule has 0 amide bonds. The Morgan fingerprint density at radius 2 is 1.09 bits per heavy atom. The molecular weight excluding hydrogens is 695 g/mol. The third-order valence-electron chi connectivity index (χ3n) is 8.55. The number of benzene rings is 3. The standard InChI is InChI=1S/C18H15P.C11H17N3O4.C11H19NO4/c1-4-10-16(11-5-1)19(17-12-6-2-7-13-17)18-14-8-3-9-15-18;1-4-5-15-10-9-8(17-11(2,3)18-9)7(6-16-10)13-14-12;1-4-5-13-10-9-8(7(12)6-14-10)15-11(2,3)16-9/h1-15H;4,7-10H,1,5-6H2,2-3H3;4,7-10H,1,5-6,12H2,2-3H3/t;2*7-,8-,9-,10-/m.00/s1. The molecule has 4 heterocycles. The van der Waals surface area contributed by atoms with E-state index in [-0.39, 0.29) is 31.0 Å². The van der Waals surface area contributed by atoms with Crippen LogP contribution in [0.5, 0.6) is 0 Å². The topological polar surface area (TPSA) is 149 Å². The van der Waals surface area contributed by atoms with Gasteiger partial charge in [-0.05, 0) is 57.1 Å². The summed E-state index contributed by atoms with van der Waals surface area (Å²) in [5.41, 5.74) is 14.5. The van der Waals surface area contributed by atoms with E-state index in [1.54, 1.807) is 12.2 Å². The van der Waals surface area contributed by atoms with E-state index in [0.29, 0.717) is 19.8 Å². The molecule has 4 aliphatic rings. The van der Waals surface area contributed by atoms with Crippen molar-refractivity contribution in [3.8, 4) is 0 Å². The molecule has 7 rings (SSSR count). The Balaban J connectivity index is 0.000000154. The summed E-state index contributed by atoms with van der Waals surface area (Å²) in [4.78, 5) is 2.81. The van der Waals surface area contributed by atoms with Gasteiger partial charge in [-0.1, -0.05) is 108 Å². The zero-order valence-electron chi connectivity index (χ0n) is 30.8. The number of azide groups is 1. The van der Waals surface area contributed by atoms with Gasteiger partial charge in [-0.15, -0.1) is 13.2 Å². The lowest BCUT2D eigenvalue weighted by molar-refractivity contribution is -0.228. The zero-order valence-corrected chi connectivity index (χ0v) is 31.7. The molecule has 8 atom stereocenters. The second-order valence-corrected chi connectivity index (χ2v) is 15.8. The minimum absolute atomic E-state index is 0.168. The monoisotopic (exact) mass is 746 g/mol. The van der Waals surface area contributed by atoms with E-state index >= 15 is 0 Å². The molecule has 0 saturated carbocycles. The van der Waals surface area contributed by atoms with Gasteiger partial charge in [0.25, 0.3) is 0 Å². The van der Waals surface area contributed by atoms with Crippen molar-refractivity contribution in [1.29, 1.82) is 0 Å². The highest BCUT2D eigenvalue weighted by Gasteiger charge is 2.53. The first kappa shape index (κ1) is 40.7. The molecule has 0 aromatic heterocycles. The molecule has 4 aliphatic heterocycles. The maximum absolute atomic E-state index is 8.54. The number of nitrogens with two attached hydrogens (primary N) is 1. The lowest BCUT2D eigenvalue weighted by Crippen LogP contribution is -2.55. The molecule has 284 valence electrons. The molecule has 0 unspecified atom stereocenters. The summed E-state index contributed by atoms with van der Waals surface area (Å²) in [6.07, 6.45) is 1.18. The Morgan fingerprint density at radius 3 is 1.53 bits per heavy atom. The van der Waals surface area contributed by atoms with Crippen molar-refractivity contribution < 1.29 is 37.9 Å². The van der Waals surface area contributed by atoms with E-state index in [1.165, 1.54) is 15.9 Å². The second kappa shape index (κ2) is 19.2. The normalized spacial score (nSPS) is 29.2. The first-order chi connectivity index (χ1) is 25.6. The number of fused-ring (bicyclic) bond motifs is 2. The third kappa shape index (κ3) is 11.0. The van der Waals surface area contributed by atoms with Crippen LogP contribution in [-0.4, -0.2) is 87.1 Å². The highest BCUT2D eigenvalue weighted by atomic mass is 31.1. The van der Waals surface area contributed by atoms with Gasteiger partial charge < -0.3 is 43.6 Å². The van der Waals surface area contributed by atoms with Gasteiger partial charge in [0, 0.05) is 4.91 Å². The molecule has 0 aliphatic carbocycles. The second-order valence-electron chi connectivity index (χ2n) is 13.6. The van der Waals surface area contributed by atoms with Gasteiger partial charge in [0.1, 0.15) is 24.4 Å². The Hall–Kier alpha value is -3.48. The summed E-state index contributed by atoms with van der Waals surface area (Å²) < 4.78 is 45.0. The molecule has 4 fully saturated rings. The molecule has 0 radical (unpaired) electrons. The fraction of sp³-hybridized carbons (Fsp3) is 0.450. The van der Waals surface area contributed by atoms with Crippen molar-refractivity contribution in [1.82, 2.24) is 0 Å². The molecule has 0 bridgehead atoms. The first-order valence-corrected chi connectivity index (χ1v) is 19.0. The van der Waals surface area contributed by atoms with Crippen LogP contribution in [0, 0.1) is 0 Å². The summed E-state index contributed by atoms with van der Waals surface area (Å²) in [5, 5.41) is 7.88. The lowest BCUT2D eigenvalue weighted by Gasteiger charge is -2.34. The highest BCUT2D eigenvalue weighted by molar-refractivity contribution is 7.79. The van der Waals surface area contributed by atoms with Crippen LogP contribution in [0.3, 0.4) is 0 Å². The maximum atomic E-state index is 8.54. The predicted octanol–water partition coefficient (Wildman–Crippen LogP) is 5.58. The van der Waals surface area contributed by atoms with Crippen LogP contribution in [0.25, 0.3) is 10.4 Å². The van der Waals surface area contributed by atoms with E-state index in [9.17, 15) is 0 Å². The highest BCUT2D eigenvalue weighted by Crippen LogP contribution is 2.37. The van der Waals surface area contributed by atoms with Crippen molar-refractivity contribution in [2.45, 2.75) is 88.3 Å². The fourth-order valence-electron chi connectivity index (χ4n) is 6.42. The predicted molar refractivity (Wildman–Crippen MR) is 205 cm³/mol. The molecule has 12 nitrogen and oxygen atoms in total. The van der Waals surface area contributed by atoms with Gasteiger partial charge in [-0.3, -0.25) is 0 Å². The van der Waals surface area contributed by atoms with Crippen molar-refractivity contribution in [2.24, 2.45) is 10.8 Å². The summed E-state index contributed by atoms with van der Waals surface area (Å²) in [7, 11) is -0.446. The third-order valence-corrected chi connectivity index (χ3v) is 11.0. The van der Waals surface area contributed by atoms with Gasteiger partial charge in [-0.25, -0.2) is 0 Å². The van der Waals surface area contributed by atoms with Gasteiger partial charge >= 0.3 is 0 Å². The molecule has 13 heteroatoms. The smallest absolute Gasteiger partial charge is 0.186 e. The van der Waals surface area contributed by atoms with Gasteiger partial charge in [-0.2, -0.15) is 0 Å². The molecule has 2 N–H and O–H groups in total. The van der Waals surface area contributed by atoms with Gasteiger partial charge in [0.2, 0.25) is 0 Å². The van der Waals surface area contributed by atoms with Crippen molar-refractivity contribution in [3.05, 3.63) is 127 Å². The summed E-state index contributed by atoms with van der Waals surface area (Å²) >= 11 is 0. The van der Waals surface area contributed by atoms with Crippen molar-refractivity contribution >= 4 is 23.8 Å². The van der Waals surface area contributed by atoms with E-state index in [1.807, 2.05) is 27.7 Å². The van der Waals surface area contributed by atoms with E-state index in [4.69, 9.17) is 49.2 Å². The number of ether oxygens (including phenoxy) is 8. The number of rotatable bonds is 10. The Kier molecular flexibility index (Phi) is 14.8. The maximum Gasteiger partial charge on any atom is 0.186 e. The zero-order chi connectivity index (χ0) is 37.8. The van der Waals surface area contributed by atoms with Crippen LogP contribution < -0.4 is 21.6 Å². The van der Waals surface area contributed by atoms with Crippen LogP contribution in [-0.2, 0) is 37.9 Å². The average Bonchev–Trinajstić information content (AvgIpc) is 3.68. The Labute approximate surface area is 313 Å². The fourth-order valence-corrected chi connectivity index (χ4v) is 8.72. The minimum Gasteiger partial charge on any atom is -0.349 e. The summed E-state index contributed by atoms with van der Waals surface area (Å²) in [6, 6.07) is 31.8. The summed E-state index contributed by atoms with van der Waals surface area (Å²) in [6.45, 7) is 16.0. The van der Waals surface area contributed by atoms with Crippen LogP contribution >= 0.6 is 7.92 Å². The van der Waals surface area contributed by atoms with Crippen LogP contribution in [0.4, 0.5) is 0 Å².